The monoisotopic (exact) mass is 458 g/mol. The summed E-state index contributed by atoms with van der Waals surface area (Å²) in [6, 6.07) is 14.4. The highest BCUT2D eigenvalue weighted by Crippen LogP contribution is 2.17. The number of nitrogens with one attached hydrogen (secondary N) is 2. The summed E-state index contributed by atoms with van der Waals surface area (Å²) >= 11 is 0. The van der Waals surface area contributed by atoms with E-state index >= 15 is 0 Å². The maximum Gasteiger partial charge on any atom is 0.330 e. The summed E-state index contributed by atoms with van der Waals surface area (Å²) in [6.07, 6.45) is 0. The molecule has 6 N–H and O–H groups in total. The number of hydrogen-bond donors (Lipinski definition) is 4. The number of primary sulfonamides is 1. The number of benzene rings is 2. The van der Waals surface area contributed by atoms with Crippen LogP contribution in [0.3, 0.4) is 0 Å². The van der Waals surface area contributed by atoms with Crippen molar-refractivity contribution in [3.05, 3.63) is 81.0 Å². The molecular formula is C20H22N6O5S. The van der Waals surface area contributed by atoms with Gasteiger partial charge in [-0.05, 0) is 29.8 Å². The Morgan fingerprint density at radius 1 is 1.09 bits per heavy atom. The number of anilines is 3. The highest BCUT2D eigenvalue weighted by atomic mass is 32.2. The molecule has 0 radical (unpaired) electrons. The molecule has 168 valence electrons. The van der Waals surface area contributed by atoms with E-state index in [9.17, 15) is 22.8 Å². The topological polar surface area (TPSA) is 173 Å². The van der Waals surface area contributed by atoms with Crippen molar-refractivity contribution >= 4 is 33.1 Å². The number of carbonyl (C=O) groups excluding carboxylic acids is 1. The van der Waals surface area contributed by atoms with E-state index < -0.39 is 27.2 Å². The van der Waals surface area contributed by atoms with Gasteiger partial charge < -0.3 is 16.0 Å². The van der Waals surface area contributed by atoms with Crippen LogP contribution < -0.4 is 32.3 Å². The largest absolute Gasteiger partial charge is 0.383 e. The summed E-state index contributed by atoms with van der Waals surface area (Å²) < 4.78 is 23.8. The molecular weight excluding hydrogens is 436 g/mol. The molecule has 0 saturated carbocycles. The first kappa shape index (κ1) is 22.8. The summed E-state index contributed by atoms with van der Waals surface area (Å²) in [7, 11) is -2.36. The Labute approximate surface area is 183 Å². The van der Waals surface area contributed by atoms with Crippen LogP contribution in [0.5, 0.6) is 0 Å². The maximum atomic E-state index is 12.4. The van der Waals surface area contributed by atoms with Gasteiger partial charge >= 0.3 is 5.69 Å². The van der Waals surface area contributed by atoms with E-state index in [2.05, 4.69) is 10.3 Å². The van der Waals surface area contributed by atoms with Crippen LogP contribution in [0.25, 0.3) is 0 Å². The van der Waals surface area contributed by atoms with Gasteiger partial charge in [0, 0.05) is 12.7 Å². The third-order valence-electron chi connectivity index (χ3n) is 4.63. The lowest BCUT2D eigenvalue weighted by Gasteiger charge is -2.21. The predicted octanol–water partition coefficient (Wildman–Crippen LogP) is -0.111. The molecule has 0 bridgehead atoms. The fourth-order valence-electron chi connectivity index (χ4n) is 3.09. The van der Waals surface area contributed by atoms with Gasteiger partial charge in [0.1, 0.15) is 11.5 Å². The molecule has 0 aliphatic rings. The lowest BCUT2D eigenvalue weighted by Crippen LogP contribution is -2.39. The zero-order valence-electron chi connectivity index (χ0n) is 17.1. The molecule has 0 atom stereocenters. The van der Waals surface area contributed by atoms with E-state index in [0.29, 0.717) is 5.69 Å². The summed E-state index contributed by atoms with van der Waals surface area (Å²) in [5.41, 5.74) is 5.86. The fourth-order valence-corrected chi connectivity index (χ4v) is 3.61. The average molecular weight is 459 g/mol. The molecule has 32 heavy (non-hydrogen) atoms. The SMILES string of the molecule is CN(CC(=O)Nc1ccc(S(N)(=O)=O)cc1)c1c(N)n(Cc2ccccc2)c(=O)[nH]c1=O. The molecule has 0 unspecified atom stereocenters. The molecule has 2 aromatic carbocycles. The number of hydrogen-bond acceptors (Lipinski definition) is 7. The summed E-state index contributed by atoms with van der Waals surface area (Å²) in [5, 5.41) is 7.64. The number of aromatic amines is 1. The van der Waals surface area contributed by atoms with Crippen molar-refractivity contribution in [2.45, 2.75) is 11.4 Å². The number of nitrogens with two attached hydrogens (primary N) is 2. The van der Waals surface area contributed by atoms with Crippen molar-refractivity contribution in [1.29, 1.82) is 0 Å². The standard InChI is InChI=1S/C20H22N6O5S/c1-25(12-16(27)23-14-7-9-15(10-8-14)32(22,30)31)17-18(21)26(20(29)24-19(17)28)11-13-5-3-2-4-6-13/h2-10H,11-12,21H2,1H3,(H,23,27)(H2,22,30,31)(H,24,28,29). The number of nitrogen functional groups attached to an aromatic ring is 1. The molecule has 1 aromatic heterocycles. The summed E-state index contributed by atoms with van der Waals surface area (Å²) in [4.78, 5) is 40.5. The lowest BCUT2D eigenvalue weighted by atomic mass is 10.2. The Balaban J connectivity index is 1.79. The molecule has 0 aliphatic heterocycles. The van der Waals surface area contributed by atoms with Crippen LogP contribution in [0.15, 0.2) is 69.1 Å². The second-order valence-corrected chi connectivity index (χ2v) is 8.60. The van der Waals surface area contributed by atoms with Gasteiger partial charge in [-0.1, -0.05) is 30.3 Å². The Hall–Kier alpha value is -3.90. The third kappa shape index (κ3) is 5.22. The normalized spacial score (nSPS) is 11.2. The number of carbonyl (C=O) groups is 1. The van der Waals surface area contributed by atoms with E-state index in [1.54, 1.807) is 0 Å². The molecule has 11 nitrogen and oxygen atoms in total. The number of amides is 1. The molecule has 3 aromatic rings. The van der Waals surface area contributed by atoms with Crippen molar-refractivity contribution in [2.24, 2.45) is 5.14 Å². The summed E-state index contributed by atoms with van der Waals surface area (Å²) in [6.45, 7) is -0.112. The highest BCUT2D eigenvalue weighted by molar-refractivity contribution is 7.89. The zero-order valence-corrected chi connectivity index (χ0v) is 17.9. The number of nitrogens with zero attached hydrogens (tertiary/aromatic N) is 2. The average Bonchev–Trinajstić information content (AvgIpc) is 2.71. The molecule has 1 heterocycles. The van der Waals surface area contributed by atoms with E-state index in [1.807, 2.05) is 30.3 Å². The van der Waals surface area contributed by atoms with Crippen LogP contribution in [0.1, 0.15) is 5.56 Å². The highest BCUT2D eigenvalue weighted by Gasteiger charge is 2.18. The predicted molar refractivity (Wildman–Crippen MR) is 121 cm³/mol. The van der Waals surface area contributed by atoms with Crippen molar-refractivity contribution in [3.63, 3.8) is 0 Å². The first-order chi connectivity index (χ1) is 15.1. The van der Waals surface area contributed by atoms with Gasteiger partial charge in [0.15, 0.2) is 0 Å². The van der Waals surface area contributed by atoms with Crippen LogP contribution >= 0.6 is 0 Å². The molecule has 12 heteroatoms. The van der Waals surface area contributed by atoms with Crippen LogP contribution in [0, 0.1) is 0 Å². The second kappa shape index (κ2) is 9.08. The fraction of sp³-hybridized carbons (Fsp3) is 0.150. The zero-order chi connectivity index (χ0) is 23.5. The first-order valence-corrected chi connectivity index (χ1v) is 10.9. The number of sulfonamides is 1. The minimum atomic E-state index is -3.84. The molecule has 0 spiro atoms. The number of aromatic nitrogens is 2. The molecule has 3 rings (SSSR count). The van der Waals surface area contributed by atoms with Gasteiger partial charge in [0.05, 0.1) is 18.0 Å². The minimum Gasteiger partial charge on any atom is -0.383 e. The molecule has 1 amide bonds. The lowest BCUT2D eigenvalue weighted by molar-refractivity contribution is -0.114. The van der Waals surface area contributed by atoms with Crippen LogP contribution in [0.4, 0.5) is 17.2 Å². The Morgan fingerprint density at radius 2 is 1.72 bits per heavy atom. The van der Waals surface area contributed by atoms with Gasteiger partial charge in [-0.25, -0.2) is 18.4 Å². The van der Waals surface area contributed by atoms with Crippen LogP contribution in [0.2, 0.25) is 0 Å². The van der Waals surface area contributed by atoms with Crippen molar-refractivity contribution < 1.29 is 13.2 Å². The van der Waals surface area contributed by atoms with E-state index in [0.717, 1.165) is 5.56 Å². The third-order valence-corrected chi connectivity index (χ3v) is 5.56. The number of likely N-dealkylation sites (N-methyl/N-ethyl adjacent to an activating group) is 1. The van der Waals surface area contributed by atoms with Crippen LogP contribution in [-0.2, 0) is 21.4 Å². The Kier molecular flexibility index (Phi) is 6.46. The van der Waals surface area contributed by atoms with Gasteiger partial charge in [-0.15, -0.1) is 0 Å². The first-order valence-electron chi connectivity index (χ1n) is 9.36. The van der Waals surface area contributed by atoms with E-state index in [4.69, 9.17) is 10.9 Å². The number of H-pyrrole nitrogens is 1. The van der Waals surface area contributed by atoms with Gasteiger partial charge in [-0.3, -0.25) is 19.1 Å². The quantitative estimate of drug-likeness (QED) is 0.382. The Morgan fingerprint density at radius 3 is 2.31 bits per heavy atom. The van der Waals surface area contributed by atoms with Gasteiger partial charge in [0.2, 0.25) is 15.9 Å². The molecule has 0 saturated heterocycles. The van der Waals surface area contributed by atoms with Gasteiger partial charge in [-0.2, -0.15) is 0 Å². The molecule has 0 fully saturated rings. The van der Waals surface area contributed by atoms with Crippen molar-refractivity contribution in [1.82, 2.24) is 9.55 Å². The van der Waals surface area contributed by atoms with E-state index in [-0.39, 0.29) is 29.5 Å². The van der Waals surface area contributed by atoms with Crippen molar-refractivity contribution in [2.75, 3.05) is 29.5 Å². The maximum absolute atomic E-state index is 12.4. The van der Waals surface area contributed by atoms with Crippen LogP contribution in [-0.4, -0.2) is 37.5 Å². The summed E-state index contributed by atoms with van der Waals surface area (Å²) in [5.74, 6) is -0.564. The minimum absolute atomic E-state index is 0.0275. The smallest absolute Gasteiger partial charge is 0.330 e. The second-order valence-electron chi connectivity index (χ2n) is 7.04. The van der Waals surface area contributed by atoms with Gasteiger partial charge in [0.25, 0.3) is 5.56 Å². The van der Waals surface area contributed by atoms with Crippen molar-refractivity contribution in [3.8, 4) is 0 Å². The Bertz CT molecular complexity index is 1350. The van der Waals surface area contributed by atoms with E-state index in [1.165, 1.54) is 40.8 Å². The molecule has 0 aliphatic carbocycles. The number of rotatable bonds is 7.